The number of fused-ring (bicyclic) bond motifs is 12. The van der Waals surface area contributed by atoms with Gasteiger partial charge >= 0.3 is 81.4 Å². The quantitative estimate of drug-likeness (QED) is 0.0200. The van der Waals surface area contributed by atoms with E-state index in [-0.39, 0.29) is 212 Å². The van der Waals surface area contributed by atoms with Crippen LogP contribution in [0.2, 0.25) is 0 Å². The van der Waals surface area contributed by atoms with Gasteiger partial charge in [0.2, 0.25) is 0 Å². The molecule has 6 aromatic carbocycles. The Morgan fingerprint density at radius 3 is 0.360 bits per heavy atom. The standard InChI is InChI=1S/C78H102O30P6/c1-19-91-109(85,92-20-2)67-37-55-31-57-39-68(110(86,93-21-3)94-22-4)41-59(74(57)104-50(14)80)33-61-43-70(112(88,97-25-7)98-26-8)45-63(76(61)106-52(16)82)35-65-47-72(114(90,101-29-11)102-30-12)48-66(78(65)108-54(18)84)36-64-46-71(113(89,99-27-9)100-28-10)44-62(77(64)107-53(17)83)34-60-42-69(111(87,95-23-5)96-24-6)40-58(75(60)105-51(15)81)32-56(38-67)73(55)103-49(13)79/h37-48H,19-36H2,1-18H3. The van der Waals surface area contributed by atoms with Gasteiger partial charge in [0.15, 0.2) is 0 Å². The Kier molecular flexibility index (Phi) is 34.6. The highest BCUT2D eigenvalue weighted by molar-refractivity contribution is 7.64. The molecule has 0 atom stereocenters. The van der Waals surface area contributed by atoms with Crippen LogP contribution in [0.25, 0.3) is 0 Å². The Labute approximate surface area is 665 Å². The molecule has 30 nitrogen and oxygen atoms in total. The van der Waals surface area contributed by atoms with Crippen molar-refractivity contribution in [2.45, 2.75) is 163 Å². The average molecular weight is 1710 g/mol. The Morgan fingerprint density at radius 2 is 0.289 bits per heavy atom. The molecular formula is C78H102O30P6. The number of hydrogen-bond acceptors (Lipinski definition) is 30. The van der Waals surface area contributed by atoms with Crippen molar-refractivity contribution in [1.29, 1.82) is 0 Å². The van der Waals surface area contributed by atoms with Crippen LogP contribution in [0.15, 0.2) is 72.8 Å². The van der Waals surface area contributed by atoms with E-state index in [0.717, 1.165) is 41.5 Å². The average Bonchev–Trinajstić information content (AvgIpc) is 0.759. The zero-order valence-electron chi connectivity index (χ0n) is 67.6. The molecular weight excluding hydrogens is 1600 g/mol. The molecule has 6 aromatic rings. The molecule has 0 N–H and O–H groups in total. The summed E-state index contributed by atoms with van der Waals surface area (Å²) in [5, 5.41) is -0.960. The lowest BCUT2D eigenvalue weighted by molar-refractivity contribution is -0.133. The highest BCUT2D eigenvalue weighted by Crippen LogP contribution is 2.56. The van der Waals surface area contributed by atoms with Crippen LogP contribution < -0.4 is 60.2 Å². The first-order chi connectivity index (χ1) is 54.0. The summed E-state index contributed by atoms with van der Waals surface area (Å²) < 4.78 is 204. The summed E-state index contributed by atoms with van der Waals surface area (Å²) in [7, 11) is -27.2. The zero-order chi connectivity index (χ0) is 84.3. The maximum absolute atomic E-state index is 15.7. The van der Waals surface area contributed by atoms with Crippen LogP contribution in [0, 0.1) is 0 Å². The molecule has 0 aliphatic heterocycles. The van der Waals surface area contributed by atoms with Gasteiger partial charge in [-0.3, -0.25) is 56.2 Å². The van der Waals surface area contributed by atoms with Gasteiger partial charge in [0.1, 0.15) is 34.5 Å². The number of rotatable bonds is 36. The van der Waals surface area contributed by atoms with Crippen LogP contribution in [0.4, 0.5) is 0 Å². The molecule has 1 aliphatic rings. The molecule has 114 heavy (non-hydrogen) atoms. The lowest BCUT2D eigenvalue weighted by atomic mass is 9.91. The van der Waals surface area contributed by atoms with E-state index in [1.54, 1.807) is 83.1 Å². The predicted octanol–water partition coefficient (Wildman–Crippen LogP) is 14.4. The van der Waals surface area contributed by atoms with Crippen LogP contribution in [-0.4, -0.2) is 115 Å². The van der Waals surface area contributed by atoms with E-state index < -0.39 is 120 Å². The van der Waals surface area contributed by atoms with Crippen molar-refractivity contribution in [2.24, 2.45) is 0 Å². The first-order valence-electron chi connectivity index (χ1n) is 37.4. The molecule has 0 spiro atoms. The van der Waals surface area contributed by atoms with Gasteiger partial charge in [-0.15, -0.1) is 0 Å². The Balaban J connectivity index is 1.93. The van der Waals surface area contributed by atoms with Crippen molar-refractivity contribution < 1.29 is 139 Å². The molecule has 7 rings (SSSR count). The van der Waals surface area contributed by atoms with Gasteiger partial charge in [0.05, 0.1) is 111 Å². The zero-order valence-corrected chi connectivity index (χ0v) is 73.0. The normalized spacial score (nSPS) is 13.0. The van der Waals surface area contributed by atoms with Crippen molar-refractivity contribution in [3.63, 3.8) is 0 Å². The second kappa shape index (κ2) is 41.9. The highest BCUT2D eigenvalue weighted by Gasteiger charge is 2.40. The Morgan fingerprint density at radius 1 is 0.202 bits per heavy atom. The van der Waals surface area contributed by atoms with Crippen LogP contribution in [0.1, 0.15) is 191 Å². The van der Waals surface area contributed by atoms with Gasteiger partial charge in [0.25, 0.3) is 0 Å². The lowest BCUT2D eigenvalue weighted by Crippen LogP contribution is -2.20. The van der Waals surface area contributed by atoms with E-state index in [1.165, 1.54) is 72.8 Å². The SMILES string of the molecule is CCOP(=O)(OCC)c1cc2c(OC(C)=O)c(c1)Cc1cc(P(=O)(OCC)OCC)cc(c1OC(C)=O)Cc1cc(P(=O)(OCC)OCC)cc(c1OC(C)=O)Cc1cc(P(=O)(OCC)OCC)cc(c1OC(C)=O)Cc1cc(P(=O)(OCC)OCC)cc(c1OC(C)=O)Cc1cc(P(=O)(OCC)OCC)cc(c1OC(C)=O)C2. The summed E-state index contributed by atoms with van der Waals surface area (Å²) >= 11 is 0. The fourth-order valence-corrected chi connectivity index (χ4v) is 23.1. The van der Waals surface area contributed by atoms with Crippen molar-refractivity contribution in [3.8, 4) is 34.5 Å². The summed E-state index contributed by atoms with van der Waals surface area (Å²) in [6, 6.07) is 16.4. The van der Waals surface area contributed by atoms with E-state index in [9.17, 15) is 28.8 Å². The minimum Gasteiger partial charge on any atom is -0.426 e. The van der Waals surface area contributed by atoms with Crippen LogP contribution in [-0.2, 0) is 149 Å². The van der Waals surface area contributed by atoms with Gasteiger partial charge in [-0.2, -0.15) is 0 Å². The van der Waals surface area contributed by atoms with Gasteiger partial charge < -0.3 is 82.7 Å². The highest BCUT2D eigenvalue weighted by atomic mass is 31.2. The predicted molar refractivity (Wildman–Crippen MR) is 426 cm³/mol. The molecule has 0 saturated carbocycles. The summed E-state index contributed by atoms with van der Waals surface area (Å²) in [6.07, 6.45) is -3.35. The van der Waals surface area contributed by atoms with Crippen molar-refractivity contribution in [2.75, 3.05) is 79.3 Å². The number of carbonyl (C=O) groups is 6. The summed E-state index contributed by atoms with van der Waals surface area (Å²) in [6.45, 7) is 23.2. The van der Waals surface area contributed by atoms with E-state index in [4.69, 9.17) is 82.7 Å². The third-order valence-electron chi connectivity index (χ3n) is 16.6. The summed E-state index contributed by atoms with van der Waals surface area (Å²) in [5.41, 5.74) is -0.537. The van der Waals surface area contributed by atoms with Gasteiger partial charge in [-0.05, 0) is 156 Å². The lowest BCUT2D eigenvalue weighted by Gasteiger charge is -2.26. The molecule has 1 aliphatic carbocycles. The molecule has 0 unspecified atom stereocenters. The number of carbonyl (C=O) groups excluding carboxylic acids is 6. The largest absolute Gasteiger partial charge is 0.426 e. The molecule has 0 fully saturated rings. The van der Waals surface area contributed by atoms with E-state index in [2.05, 4.69) is 0 Å². The first kappa shape index (κ1) is 94.2. The number of hydrogen-bond donors (Lipinski definition) is 0. The molecule has 0 amide bonds. The monoisotopic (exact) mass is 1700 g/mol. The fraction of sp³-hybridized carbons (Fsp3) is 0.462. The van der Waals surface area contributed by atoms with E-state index in [0.29, 0.717) is 0 Å². The van der Waals surface area contributed by atoms with Crippen molar-refractivity contribution in [3.05, 3.63) is 140 Å². The number of benzene rings is 6. The third kappa shape index (κ3) is 23.3. The van der Waals surface area contributed by atoms with E-state index >= 15 is 27.4 Å². The minimum absolute atomic E-state index is 0.0447. The van der Waals surface area contributed by atoms with Gasteiger partial charge in [0, 0.05) is 147 Å². The second-order valence-electron chi connectivity index (χ2n) is 25.2. The molecule has 0 radical (unpaired) electrons. The van der Waals surface area contributed by atoms with E-state index in [1.807, 2.05) is 0 Å². The third-order valence-corrected chi connectivity index (χ3v) is 29.1. The number of ether oxygens (including phenoxy) is 6. The first-order valence-corrected chi connectivity index (χ1v) is 46.7. The Hall–Kier alpha value is -6.96. The molecule has 12 bridgehead atoms. The Bertz CT molecular complexity index is 3890. The topological polar surface area (TPSA) is 371 Å². The van der Waals surface area contributed by atoms with Gasteiger partial charge in [-0.1, -0.05) is 0 Å². The summed E-state index contributed by atoms with van der Waals surface area (Å²) in [4.78, 5) is 84.3. The molecule has 36 heteroatoms. The summed E-state index contributed by atoms with van der Waals surface area (Å²) in [5.74, 6) is -7.20. The molecule has 624 valence electrons. The van der Waals surface area contributed by atoms with Crippen LogP contribution >= 0.6 is 45.6 Å². The molecule has 0 aromatic heterocycles. The second-order valence-corrected chi connectivity index (χ2v) is 37.3. The number of esters is 6. The van der Waals surface area contributed by atoms with Crippen LogP contribution in [0.3, 0.4) is 0 Å². The molecule has 0 heterocycles. The fourth-order valence-electron chi connectivity index (χ4n) is 13.0. The smallest absolute Gasteiger partial charge is 0.361 e. The maximum atomic E-state index is 15.7. The van der Waals surface area contributed by atoms with Crippen LogP contribution in [0.5, 0.6) is 34.5 Å². The van der Waals surface area contributed by atoms with Crippen molar-refractivity contribution >= 4 is 113 Å². The van der Waals surface area contributed by atoms with Crippen molar-refractivity contribution in [1.82, 2.24) is 0 Å². The molecule has 0 saturated heterocycles. The maximum Gasteiger partial charge on any atom is 0.361 e. The minimum atomic E-state index is -4.53. The van der Waals surface area contributed by atoms with Gasteiger partial charge in [-0.25, -0.2) is 0 Å².